The van der Waals surface area contributed by atoms with Crippen molar-refractivity contribution in [3.63, 3.8) is 0 Å². The van der Waals surface area contributed by atoms with E-state index >= 15 is 0 Å². The van der Waals surface area contributed by atoms with Crippen LogP contribution in [0, 0.1) is 0 Å². The van der Waals surface area contributed by atoms with Crippen molar-refractivity contribution in [1.29, 1.82) is 0 Å². The lowest BCUT2D eigenvalue weighted by Gasteiger charge is -2.07. The first-order chi connectivity index (χ1) is 15.0. The van der Waals surface area contributed by atoms with Crippen LogP contribution < -0.4 is 16.0 Å². The van der Waals surface area contributed by atoms with Gasteiger partial charge in [-0.05, 0) is 35.9 Å². The third kappa shape index (κ3) is 7.83. The van der Waals surface area contributed by atoms with Crippen LogP contribution in [0.1, 0.15) is 18.2 Å². The highest BCUT2D eigenvalue weighted by atomic mass is 32.2. The minimum absolute atomic E-state index is 0.115. The summed E-state index contributed by atoms with van der Waals surface area (Å²) in [6.45, 7) is 1.87. The van der Waals surface area contributed by atoms with Crippen molar-refractivity contribution in [3.8, 4) is 0 Å². The number of nitrogens with zero attached hydrogens (tertiary/aromatic N) is 2. The molecule has 0 aliphatic rings. The molecule has 0 unspecified atom stereocenters. The van der Waals surface area contributed by atoms with Crippen molar-refractivity contribution in [1.82, 2.24) is 15.3 Å². The normalized spacial score (nSPS) is 10.4. The zero-order valence-electron chi connectivity index (χ0n) is 16.8. The molecule has 160 valence electrons. The number of anilines is 2. The van der Waals surface area contributed by atoms with Gasteiger partial charge >= 0.3 is 0 Å². The second-order valence-corrected chi connectivity index (χ2v) is 8.59. The van der Waals surface area contributed by atoms with Crippen molar-refractivity contribution in [2.75, 3.05) is 16.4 Å². The summed E-state index contributed by atoms with van der Waals surface area (Å²) in [5, 5.41) is 10.1. The lowest BCUT2D eigenvalue weighted by Crippen LogP contribution is -2.24. The number of carbonyl (C=O) groups excluding carboxylic acids is 3. The van der Waals surface area contributed by atoms with Crippen LogP contribution in [0.3, 0.4) is 0 Å². The molecule has 3 aromatic rings. The fraction of sp³-hybridized carbons (Fsp3) is 0.190. The standard InChI is InChI=1S/C21H21N5O3S2/c1-14(27)24-16-3-2-4-17(9-16)25-20(29)13-31-21-26-18(12-30-21)10-19(28)23-11-15-5-7-22-8-6-15/h2-9,12H,10-11,13H2,1H3,(H,23,28)(H,24,27)(H,25,29). The van der Waals surface area contributed by atoms with E-state index < -0.39 is 0 Å². The Labute approximate surface area is 187 Å². The molecule has 0 saturated carbocycles. The van der Waals surface area contributed by atoms with Crippen LogP contribution in [0.5, 0.6) is 0 Å². The summed E-state index contributed by atoms with van der Waals surface area (Å²) in [5.41, 5.74) is 2.86. The fourth-order valence-corrected chi connectivity index (χ4v) is 4.21. The number of hydrogen-bond acceptors (Lipinski definition) is 7. The molecule has 2 aromatic heterocycles. The molecule has 3 rings (SSSR count). The van der Waals surface area contributed by atoms with Gasteiger partial charge < -0.3 is 16.0 Å². The van der Waals surface area contributed by atoms with E-state index in [0.29, 0.717) is 23.6 Å². The number of benzene rings is 1. The maximum absolute atomic E-state index is 12.2. The minimum atomic E-state index is -0.184. The topological polar surface area (TPSA) is 113 Å². The average molecular weight is 456 g/mol. The molecule has 0 bridgehead atoms. The lowest BCUT2D eigenvalue weighted by molar-refractivity contribution is -0.120. The van der Waals surface area contributed by atoms with E-state index in [1.165, 1.54) is 30.0 Å². The molecule has 3 N–H and O–H groups in total. The number of rotatable bonds is 9. The first-order valence-corrected chi connectivity index (χ1v) is 11.2. The van der Waals surface area contributed by atoms with Gasteiger partial charge in [-0.25, -0.2) is 4.98 Å². The van der Waals surface area contributed by atoms with E-state index in [1.807, 2.05) is 17.5 Å². The van der Waals surface area contributed by atoms with Gasteiger partial charge in [0.2, 0.25) is 17.7 Å². The smallest absolute Gasteiger partial charge is 0.234 e. The largest absolute Gasteiger partial charge is 0.352 e. The van der Waals surface area contributed by atoms with Gasteiger partial charge in [-0.15, -0.1) is 11.3 Å². The highest BCUT2D eigenvalue weighted by molar-refractivity contribution is 8.01. The van der Waals surface area contributed by atoms with Crippen molar-refractivity contribution < 1.29 is 14.4 Å². The maximum Gasteiger partial charge on any atom is 0.234 e. The Morgan fingerprint density at radius 3 is 2.52 bits per heavy atom. The number of amides is 3. The van der Waals surface area contributed by atoms with Crippen LogP contribution in [-0.2, 0) is 27.3 Å². The first kappa shape index (κ1) is 22.4. The molecule has 1 aromatic carbocycles. The van der Waals surface area contributed by atoms with Gasteiger partial charge in [0, 0.05) is 42.6 Å². The van der Waals surface area contributed by atoms with Gasteiger partial charge in [-0.2, -0.15) is 0 Å². The number of aromatic nitrogens is 2. The highest BCUT2D eigenvalue weighted by Gasteiger charge is 2.10. The molecule has 0 saturated heterocycles. The first-order valence-electron chi connectivity index (χ1n) is 9.38. The van der Waals surface area contributed by atoms with Crippen LogP contribution in [0.15, 0.2) is 58.5 Å². The van der Waals surface area contributed by atoms with Gasteiger partial charge in [-0.1, -0.05) is 17.8 Å². The van der Waals surface area contributed by atoms with Crippen molar-refractivity contribution in [2.24, 2.45) is 0 Å². The second-order valence-electron chi connectivity index (χ2n) is 6.51. The summed E-state index contributed by atoms with van der Waals surface area (Å²) in [6, 6.07) is 10.6. The Morgan fingerprint density at radius 1 is 1.03 bits per heavy atom. The van der Waals surface area contributed by atoms with Crippen LogP contribution >= 0.6 is 23.1 Å². The molecule has 0 aliphatic carbocycles. The molecule has 0 aliphatic heterocycles. The molecule has 0 radical (unpaired) electrons. The number of pyridine rings is 1. The zero-order valence-corrected chi connectivity index (χ0v) is 18.4. The fourth-order valence-electron chi connectivity index (χ4n) is 2.57. The summed E-state index contributed by atoms with van der Waals surface area (Å²) in [6.07, 6.45) is 3.55. The SMILES string of the molecule is CC(=O)Nc1cccc(NC(=O)CSc2nc(CC(=O)NCc3ccncc3)cs2)c1. The molecule has 2 heterocycles. The summed E-state index contributed by atoms with van der Waals surface area (Å²) < 4.78 is 0.721. The zero-order chi connectivity index (χ0) is 22.1. The van der Waals surface area contributed by atoms with Crippen molar-refractivity contribution in [3.05, 3.63) is 65.4 Å². The number of carbonyl (C=O) groups is 3. The number of hydrogen-bond donors (Lipinski definition) is 3. The van der Waals surface area contributed by atoms with E-state index in [-0.39, 0.29) is 29.9 Å². The van der Waals surface area contributed by atoms with Crippen LogP contribution in [0.25, 0.3) is 0 Å². The van der Waals surface area contributed by atoms with Crippen LogP contribution in [0.2, 0.25) is 0 Å². The average Bonchev–Trinajstić information content (AvgIpc) is 3.18. The quantitative estimate of drug-likeness (QED) is 0.428. The van der Waals surface area contributed by atoms with E-state index in [2.05, 4.69) is 25.9 Å². The van der Waals surface area contributed by atoms with Crippen LogP contribution in [0.4, 0.5) is 11.4 Å². The van der Waals surface area contributed by atoms with Gasteiger partial charge in [0.25, 0.3) is 0 Å². The minimum Gasteiger partial charge on any atom is -0.352 e. The van der Waals surface area contributed by atoms with Gasteiger partial charge in [0.05, 0.1) is 17.9 Å². The number of thioether (sulfide) groups is 1. The van der Waals surface area contributed by atoms with Gasteiger partial charge in [0.1, 0.15) is 0 Å². The third-order valence-electron chi connectivity index (χ3n) is 3.90. The monoisotopic (exact) mass is 455 g/mol. The number of thiazole rings is 1. The van der Waals surface area contributed by atoms with Crippen molar-refractivity contribution >= 4 is 52.2 Å². The van der Waals surface area contributed by atoms with E-state index in [1.54, 1.807) is 36.7 Å². The predicted octanol–water partition coefficient (Wildman–Crippen LogP) is 3.09. The lowest BCUT2D eigenvalue weighted by atomic mass is 10.2. The van der Waals surface area contributed by atoms with E-state index in [4.69, 9.17) is 0 Å². The van der Waals surface area contributed by atoms with Crippen LogP contribution in [-0.4, -0.2) is 33.4 Å². The molecule has 3 amide bonds. The Morgan fingerprint density at radius 2 is 1.77 bits per heavy atom. The molecule has 8 nitrogen and oxygen atoms in total. The molecule has 31 heavy (non-hydrogen) atoms. The van der Waals surface area contributed by atoms with Gasteiger partial charge in [-0.3, -0.25) is 19.4 Å². The number of nitrogens with one attached hydrogen (secondary N) is 3. The molecule has 0 fully saturated rings. The summed E-state index contributed by atoms with van der Waals surface area (Å²) >= 11 is 2.71. The molecule has 0 spiro atoms. The van der Waals surface area contributed by atoms with E-state index in [0.717, 1.165) is 9.90 Å². The van der Waals surface area contributed by atoms with Gasteiger partial charge in [0.15, 0.2) is 4.34 Å². The maximum atomic E-state index is 12.2. The van der Waals surface area contributed by atoms with Crippen molar-refractivity contribution in [2.45, 2.75) is 24.2 Å². The molecule has 10 heteroatoms. The summed E-state index contributed by atoms with van der Waals surface area (Å²) in [4.78, 5) is 43.8. The van der Waals surface area contributed by atoms with E-state index in [9.17, 15) is 14.4 Å². The highest BCUT2D eigenvalue weighted by Crippen LogP contribution is 2.23. The Hall–Kier alpha value is -3.24. The summed E-state index contributed by atoms with van der Waals surface area (Å²) in [5.74, 6) is -0.289. The third-order valence-corrected chi connectivity index (χ3v) is 5.97. The Balaban J connectivity index is 1.42. The predicted molar refractivity (Wildman–Crippen MR) is 122 cm³/mol. The molecule has 0 atom stereocenters. The Bertz CT molecular complexity index is 1060. The summed E-state index contributed by atoms with van der Waals surface area (Å²) in [7, 11) is 0. The second kappa shape index (κ2) is 11.2. The Kier molecular flexibility index (Phi) is 8.13. The molecular weight excluding hydrogens is 434 g/mol. The molecular formula is C21H21N5O3S2.